The minimum Gasteiger partial charge on any atom is -0.485 e. The number of hydrogen-bond acceptors (Lipinski definition) is 8. The Morgan fingerprint density at radius 2 is 1.70 bits per heavy atom. The van der Waals surface area contributed by atoms with Crippen LogP contribution in [0.2, 0.25) is 0 Å². The highest BCUT2D eigenvalue weighted by Crippen LogP contribution is 2.60. The van der Waals surface area contributed by atoms with Gasteiger partial charge in [-0.3, -0.25) is 18.9 Å². The first-order valence-corrected chi connectivity index (χ1v) is 21.2. The van der Waals surface area contributed by atoms with Crippen LogP contribution in [0.1, 0.15) is 102 Å². The SMILES string of the molecule is CC(C)(C)OC(=O)N1CC2CN(C3=C4C(=C5C=CCCC5c5cc6c(OCC=O)ccc(C7CCCCC7)c6n53)C4C(=O)NS(=O)(=O)C3CC3)CC2C1. The van der Waals surface area contributed by atoms with Gasteiger partial charge in [-0.2, -0.15) is 0 Å². The number of carbonyl (C=O) groups excluding carboxylic acids is 3. The first kappa shape index (κ1) is 34.7. The summed E-state index contributed by atoms with van der Waals surface area (Å²) in [7, 11) is -3.75. The predicted molar refractivity (Wildman–Crippen MR) is 201 cm³/mol. The second-order valence-corrected chi connectivity index (χ2v) is 19.2. The van der Waals surface area contributed by atoms with Crippen molar-refractivity contribution >= 4 is 45.0 Å². The molecule has 5 fully saturated rings. The van der Waals surface area contributed by atoms with Crippen LogP contribution in [0.5, 0.6) is 5.75 Å². The Morgan fingerprint density at radius 3 is 2.38 bits per heavy atom. The molecule has 2 aromatic rings. The lowest BCUT2D eigenvalue weighted by Crippen LogP contribution is -2.38. The van der Waals surface area contributed by atoms with E-state index in [4.69, 9.17) is 9.47 Å². The molecule has 0 bridgehead atoms. The van der Waals surface area contributed by atoms with Crippen LogP contribution >= 0.6 is 0 Å². The molecule has 2 amide bonds. The van der Waals surface area contributed by atoms with Crippen molar-refractivity contribution in [1.82, 2.24) is 19.1 Å². The summed E-state index contributed by atoms with van der Waals surface area (Å²) in [6.07, 6.45) is 13.5. The fourth-order valence-electron chi connectivity index (χ4n) is 9.93. The van der Waals surface area contributed by atoms with Crippen LogP contribution in [-0.2, 0) is 24.3 Å². The van der Waals surface area contributed by atoms with Gasteiger partial charge in [0, 0.05) is 60.6 Å². The third-order valence-corrected chi connectivity index (χ3v) is 14.3. The van der Waals surface area contributed by atoms with Crippen molar-refractivity contribution in [3.63, 3.8) is 0 Å². The highest BCUT2D eigenvalue weighted by molar-refractivity contribution is 7.90. The highest BCUT2D eigenvalue weighted by atomic mass is 32.2. The molecule has 4 heterocycles. The smallest absolute Gasteiger partial charge is 0.410 e. The topological polar surface area (TPSA) is 127 Å². The van der Waals surface area contributed by atoms with Crippen LogP contribution in [0.25, 0.3) is 16.7 Å². The molecule has 4 aliphatic carbocycles. The Balaban J connectivity index is 1.20. The van der Waals surface area contributed by atoms with Gasteiger partial charge in [0.25, 0.3) is 0 Å². The van der Waals surface area contributed by atoms with E-state index in [0.29, 0.717) is 50.7 Å². The standard InChI is InChI=1S/C41H50N4O7S/c1-41(2,3)52-40(48)44-22-25-20-43(21-26(25)23-44)39-36-34(35(36)38(47)42-53(49,50)27-13-14-27)30-12-8-7-11-29(30)32-19-31-33(51-18-17-46)16-15-28(37(31)45(32)39)24-9-5-4-6-10-24/h8,12,15-17,19,24-27,29,35H,4-7,9-11,13-14,18,20-23H2,1-3H3,(H,42,47). The van der Waals surface area contributed by atoms with Crippen LogP contribution < -0.4 is 9.46 Å². The molecule has 53 heavy (non-hydrogen) atoms. The number of benzene rings is 1. The maximum absolute atomic E-state index is 14.2. The summed E-state index contributed by atoms with van der Waals surface area (Å²) in [4.78, 5) is 43.1. The first-order valence-electron chi connectivity index (χ1n) is 19.6. The van der Waals surface area contributed by atoms with Gasteiger partial charge in [-0.15, -0.1) is 0 Å². The number of fused-ring (bicyclic) bond motifs is 7. The maximum atomic E-state index is 14.2. The third-order valence-electron chi connectivity index (χ3n) is 12.4. The molecule has 9 rings (SSSR count). The lowest BCUT2D eigenvalue weighted by molar-refractivity contribution is -0.119. The molecule has 0 spiro atoms. The zero-order valence-corrected chi connectivity index (χ0v) is 31.8. The lowest BCUT2D eigenvalue weighted by atomic mass is 9.83. The van der Waals surface area contributed by atoms with E-state index in [1.807, 2.05) is 31.7 Å². The quantitative estimate of drug-likeness (QED) is 0.316. The number of nitrogens with one attached hydrogen (secondary N) is 1. The fourth-order valence-corrected chi connectivity index (χ4v) is 11.3. The van der Waals surface area contributed by atoms with E-state index in [2.05, 4.69) is 38.5 Å². The van der Waals surface area contributed by atoms with Gasteiger partial charge in [0.2, 0.25) is 15.9 Å². The Hall–Kier alpha value is -4.06. The van der Waals surface area contributed by atoms with Crippen molar-refractivity contribution < 1.29 is 32.3 Å². The number of rotatable bonds is 8. The molecule has 1 aromatic heterocycles. The number of aromatic nitrogens is 1. The minimum absolute atomic E-state index is 0.00405. The van der Waals surface area contributed by atoms with Gasteiger partial charge in [-0.05, 0) is 94.1 Å². The number of likely N-dealkylation sites (tertiary alicyclic amines) is 2. The van der Waals surface area contributed by atoms with Crippen LogP contribution in [-0.4, -0.2) is 84.7 Å². The number of sulfonamides is 1. The Morgan fingerprint density at radius 1 is 0.962 bits per heavy atom. The number of ether oxygens (including phenoxy) is 2. The molecule has 11 nitrogen and oxygen atoms in total. The van der Waals surface area contributed by atoms with Crippen LogP contribution in [0.4, 0.5) is 4.79 Å². The second kappa shape index (κ2) is 12.8. The summed E-state index contributed by atoms with van der Waals surface area (Å²) in [5.41, 5.74) is 5.81. The Bertz CT molecular complexity index is 2080. The average molecular weight is 743 g/mol. The maximum Gasteiger partial charge on any atom is 0.410 e. The summed E-state index contributed by atoms with van der Waals surface area (Å²) >= 11 is 0. The molecule has 282 valence electrons. The molecule has 1 aromatic carbocycles. The molecular weight excluding hydrogens is 693 g/mol. The number of carbonyl (C=O) groups is 3. The number of allylic oxidation sites excluding steroid dienone is 3. The number of amides is 2. The molecule has 2 saturated heterocycles. The molecule has 3 saturated carbocycles. The van der Waals surface area contributed by atoms with Gasteiger partial charge in [0.1, 0.15) is 23.8 Å². The van der Waals surface area contributed by atoms with Gasteiger partial charge in [-0.25, -0.2) is 13.2 Å². The molecule has 0 radical (unpaired) electrons. The van der Waals surface area contributed by atoms with Crippen molar-refractivity contribution in [3.8, 4) is 5.75 Å². The van der Waals surface area contributed by atoms with E-state index in [1.54, 1.807) is 0 Å². The van der Waals surface area contributed by atoms with Gasteiger partial charge >= 0.3 is 6.09 Å². The van der Waals surface area contributed by atoms with Gasteiger partial charge < -0.3 is 19.3 Å². The highest BCUT2D eigenvalue weighted by Gasteiger charge is 2.55. The summed E-state index contributed by atoms with van der Waals surface area (Å²) < 4.78 is 43.0. The lowest BCUT2D eigenvalue weighted by Gasteiger charge is -2.31. The predicted octanol–water partition coefficient (Wildman–Crippen LogP) is 6.22. The summed E-state index contributed by atoms with van der Waals surface area (Å²) in [6.45, 7) is 8.19. The third kappa shape index (κ3) is 6.09. The molecule has 4 unspecified atom stereocenters. The van der Waals surface area contributed by atoms with Crippen molar-refractivity contribution in [1.29, 1.82) is 0 Å². The van der Waals surface area contributed by atoms with E-state index in [1.165, 1.54) is 24.8 Å². The first-order chi connectivity index (χ1) is 25.4. The summed E-state index contributed by atoms with van der Waals surface area (Å²) in [5.74, 6) is 1.27. The van der Waals surface area contributed by atoms with E-state index >= 15 is 0 Å². The largest absolute Gasteiger partial charge is 0.485 e. The Kier molecular flexibility index (Phi) is 8.36. The fraction of sp³-hybridized carbons (Fsp3) is 0.585. The van der Waals surface area contributed by atoms with Crippen LogP contribution in [0.15, 0.2) is 47.1 Å². The average Bonchev–Trinajstić information content (AvgIpc) is 3.99. The zero-order valence-electron chi connectivity index (χ0n) is 30.9. The molecule has 4 atom stereocenters. The van der Waals surface area contributed by atoms with Gasteiger partial charge in [0.05, 0.1) is 16.7 Å². The summed E-state index contributed by atoms with van der Waals surface area (Å²) in [6, 6.07) is 6.46. The molecular formula is C41H50N4O7S. The molecule has 7 aliphatic rings. The number of hydrogen-bond donors (Lipinski definition) is 1. The second-order valence-electron chi connectivity index (χ2n) is 17.2. The van der Waals surface area contributed by atoms with Crippen molar-refractivity contribution in [2.75, 3.05) is 32.8 Å². The van der Waals surface area contributed by atoms with Crippen LogP contribution in [0.3, 0.4) is 0 Å². The Labute approximate surface area is 311 Å². The van der Waals surface area contributed by atoms with Gasteiger partial charge in [0.15, 0.2) is 6.29 Å². The number of nitrogens with zero attached hydrogens (tertiary/aromatic N) is 3. The molecule has 3 aliphatic heterocycles. The van der Waals surface area contributed by atoms with Crippen molar-refractivity contribution in [2.45, 2.75) is 101 Å². The summed E-state index contributed by atoms with van der Waals surface area (Å²) in [5, 5.41) is 0.464. The van der Waals surface area contributed by atoms with Gasteiger partial charge in [-0.1, -0.05) is 37.5 Å². The van der Waals surface area contributed by atoms with Crippen molar-refractivity contribution in [2.24, 2.45) is 17.8 Å². The molecule has 12 heteroatoms. The van der Waals surface area contributed by atoms with E-state index < -0.39 is 32.7 Å². The van der Waals surface area contributed by atoms with Crippen molar-refractivity contribution in [3.05, 3.63) is 58.3 Å². The zero-order chi connectivity index (χ0) is 36.8. The minimum atomic E-state index is -3.75. The van der Waals surface area contributed by atoms with E-state index in [9.17, 15) is 22.8 Å². The molecule has 1 N–H and O–H groups in total. The van der Waals surface area contributed by atoms with E-state index in [0.717, 1.165) is 71.1 Å². The van der Waals surface area contributed by atoms with Crippen LogP contribution in [0, 0.1) is 17.8 Å². The normalized spacial score (nSPS) is 26.9. The number of aldehydes is 1. The van der Waals surface area contributed by atoms with E-state index in [-0.39, 0.29) is 30.5 Å². The monoisotopic (exact) mass is 742 g/mol.